The summed E-state index contributed by atoms with van der Waals surface area (Å²) in [6.07, 6.45) is 13.9. The van der Waals surface area contributed by atoms with Crippen molar-refractivity contribution in [3.63, 3.8) is 0 Å². The minimum absolute atomic E-state index is 0.133. The topological polar surface area (TPSA) is 36.2 Å². The molecule has 14 heavy (non-hydrogen) atoms. The second-order valence-corrected chi connectivity index (χ2v) is 3.92. The van der Waals surface area contributed by atoms with Crippen LogP contribution in [0.3, 0.4) is 0 Å². The summed E-state index contributed by atoms with van der Waals surface area (Å²) in [6, 6.07) is 0. The summed E-state index contributed by atoms with van der Waals surface area (Å²) in [5.74, 6) is 0. The molecule has 0 aliphatic carbocycles. The molecule has 0 aromatic heterocycles. The van der Waals surface area contributed by atoms with Crippen LogP contribution in [0.15, 0.2) is 41.6 Å². The summed E-state index contributed by atoms with van der Waals surface area (Å²) in [4.78, 5) is 4.13. The Hall–Kier alpha value is -1.44. The fraction of sp³-hybridized carbons (Fsp3) is 0.333. The molecule has 0 radical (unpaired) electrons. The molecule has 0 heterocycles. The Bertz CT molecular complexity index is 263. The molecule has 0 spiro atoms. The van der Waals surface area contributed by atoms with Gasteiger partial charge in [-0.25, -0.2) is 0 Å². The number of hydrogen-bond donors (Lipinski definition) is 1. The lowest BCUT2D eigenvalue weighted by Gasteiger charge is -2.08. The van der Waals surface area contributed by atoms with Gasteiger partial charge in [0.25, 0.3) is 0 Å². The molecule has 0 rings (SSSR count). The molecule has 0 atom stereocenters. The lowest BCUT2D eigenvalue weighted by molar-refractivity contribution is 0.607. The first-order valence-corrected chi connectivity index (χ1v) is 4.59. The minimum Gasteiger partial charge on any atom is -0.309 e. The van der Waals surface area contributed by atoms with Gasteiger partial charge < -0.3 is 5.41 Å². The predicted molar refractivity (Wildman–Crippen MR) is 64.2 cm³/mol. The maximum atomic E-state index is 6.73. The maximum absolute atomic E-state index is 6.73. The molecule has 0 aromatic rings. The van der Waals surface area contributed by atoms with Crippen LogP contribution in [0, 0.1) is 10.8 Å². The van der Waals surface area contributed by atoms with Gasteiger partial charge >= 0.3 is 0 Å². The Morgan fingerprint density at radius 1 is 0.929 bits per heavy atom. The Balaban J connectivity index is 3.85. The highest BCUT2D eigenvalue weighted by molar-refractivity contribution is 5.68. The highest BCUT2D eigenvalue weighted by Crippen LogP contribution is 2.07. The maximum Gasteiger partial charge on any atom is 0.0264 e. The Morgan fingerprint density at radius 3 is 2.07 bits per heavy atom. The van der Waals surface area contributed by atoms with E-state index in [1.54, 1.807) is 18.4 Å². The third kappa shape index (κ3) is 10.6. The molecule has 2 nitrogen and oxygen atoms in total. The quantitative estimate of drug-likeness (QED) is 0.521. The molecule has 0 fully saturated rings. The molecule has 0 bridgehead atoms. The standard InChI is InChI=1S/C12H18N2/c1-12(2,3)11-14-10-8-6-4-5-7-9-13/h4-11,13H,1-3H3/b6-4+,7-5-,10-8-,13-9?,14-11?. The Labute approximate surface area is 86.3 Å². The summed E-state index contributed by atoms with van der Waals surface area (Å²) in [7, 11) is 0. The smallest absolute Gasteiger partial charge is 0.0264 e. The van der Waals surface area contributed by atoms with E-state index in [9.17, 15) is 0 Å². The predicted octanol–water partition coefficient (Wildman–Crippen LogP) is 3.38. The molecule has 0 aliphatic rings. The summed E-state index contributed by atoms with van der Waals surface area (Å²) in [5.41, 5.74) is 0.133. The van der Waals surface area contributed by atoms with Gasteiger partial charge in [-0.15, -0.1) is 0 Å². The largest absolute Gasteiger partial charge is 0.309 e. The van der Waals surface area contributed by atoms with Crippen LogP contribution >= 0.6 is 0 Å². The summed E-state index contributed by atoms with van der Waals surface area (Å²) >= 11 is 0. The fourth-order valence-electron chi connectivity index (χ4n) is 0.614. The molecule has 0 aliphatic heterocycles. The van der Waals surface area contributed by atoms with Crippen molar-refractivity contribution in [2.75, 3.05) is 0 Å². The zero-order chi connectivity index (χ0) is 10.9. The van der Waals surface area contributed by atoms with Gasteiger partial charge in [0.1, 0.15) is 0 Å². The van der Waals surface area contributed by atoms with Gasteiger partial charge in [0.2, 0.25) is 0 Å². The van der Waals surface area contributed by atoms with Crippen LogP contribution < -0.4 is 0 Å². The first-order chi connectivity index (χ1) is 6.56. The van der Waals surface area contributed by atoms with E-state index in [1.165, 1.54) is 6.21 Å². The normalized spacial score (nSPS) is 13.9. The average Bonchev–Trinajstić information content (AvgIpc) is 2.08. The van der Waals surface area contributed by atoms with Crippen LogP contribution in [0.4, 0.5) is 0 Å². The van der Waals surface area contributed by atoms with Crippen LogP contribution in [0.5, 0.6) is 0 Å². The second-order valence-electron chi connectivity index (χ2n) is 3.92. The van der Waals surface area contributed by atoms with Crippen molar-refractivity contribution in [1.82, 2.24) is 0 Å². The molecule has 2 heteroatoms. The van der Waals surface area contributed by atoms with Crippen LogP contribution in [-0.2, 0) is 0 Å². The van der Waals surface area contributed by atoms with Gasteiger partial charge in [-0.05, 0) is 17.6 Å². The molecule has 1 N–H and O–H groups in total. The first kappa shape index (κ1) is 12.6. The van der Waals surface area contributed by atoms with Crippen LogP contribution in [0.25, 0.3) is 0 Å². The monoisotopic (exact) mass is 190 g/mol. The van der Waals surface area contributed by atoms with Crippen molar-refractivity contribution < 1.29 is 0 Å². The Morgan fingerprint density at radius 2 is 1.50 bits per heavy atom. The Kier molecular flexibility index (Phi) is 6.29. The van der Waals surface area contributed by atoms with E-state index in [1.807, 2.05) is 24.4 Å². The van der Waals surface area contributed by atoms with E-state index in [2.05, 4.69) is 25.8 Å². The van der Waals surface area contributed by atoms with E-state index in [0.717, 1.165) is 0 Å². The zero-order valence-corrected chi connectivity index (χ0v) is 9.07. The summed E-state index contributed by atoms with van der Waals surface area (Å²) < 4.78 is 0. The van der Waals surface area contributed by atoms with Gasteiger partial charge in [0.05, 0.1) is 0 Å². The molecule has 0 unspecified atom stereocenters. The van der Waals surface area contributed by atoms with Gasteiger partial charge in [-0.2, -0.15) is 0 Å². The second kappa shape index (κ2) is 7.01. The number of nitrogens with zero attached hydrogens (tertiary/aromatic N) is 1. The van der Waals surface area contributed by atoms with Gasteiger partial charge in [0.15, 0.2) is 0 Å². The van der Waals surface area contributed by atoms with Crippen molar-refractivity contribution in [2.45, 2.75) is 20.8 Å². The van der Waals surface area contributed by atoms with Crippen molar-refractivity contribution in [2.24, 2.45) is 10.4 Å². The summed E-state index contributed by atoms with van der Waals surface area (Å²) in [6.45, 7) is 6.31. The number of nitrogens with one attached hydrogen (secondary N) is 1. The third-order valence-electron chi connectivity index (χ3n) is 1.17. The van der Waals surface area contributed by atoms with Crippen molar-refractivity contribution in [1.29, 1.82) is 5.41 Å². The van der Waals surface area contributed by atoms with Crippen molar-refractivity contribution in [3.8, 4) is 0 Å². The highest BCUT2D eigenvalue weighted by Gasteiger charge is 2.03. The van der Waals surface area contributed by atoms with Crippen molar-refractivity contribution in [3.05, 3.63) is 36.6 Å². The van der Waals surface area contributed by atoms with Crippen LogP contribution in [-0.4, -0.2) is 12.4 Å². The van der Waals surface area contributed by atoms with E-state index in [-0.39, 0.29) is 5.41 Å². The molecule has 0 amide bonds. The van der Waals surface area contributed by atoms with E-state index >= 15 is 0 Å². The number of rotatable bonds is 4. The number of allylic oxidation sites excluding steroid dienone is 5. The molecule has 0 aromatic carbocycles. The van der Waals surface area contributed by atoms with Gasteiger partial charge in [-0.1, -0.05) is 39.0 Å². The van der Waals surface area contributed by atoms with E-state index < -0.39 is 0 Å². The van der Waals surface area contributed by atoms with Crippen LogP contribution in [0.1, 0.15) is 20.8 Å². The zero-order valence-electron chi connectivity index (χ0n) is 9.07. The molecular weight excluding hydrogens is 172 g/mol. The van der Waals surface area contributed by atoms with E-state index in [0.29, 0.717) is 0 Å². The summed E-state index contributed by atoms with van der Waals surface area (Å²) in [5, 5.41) is 6.73. The highest BCUT2D eigenvalue weighted by atomic mass is 14.7. The first-order valence-electron chi connectivity index (χ1n) is 4.59. The molecule has 76 valence electrons. The lowest BCUT2D eigenvalue weighted by atomic mass is 9.99. The average molecular weight is 190 g/mol. The van der Waals surface area contributed by atoms with Crippen molar-refractivity contribution >= 4 is 12.4 Å². The third-order valence-corrected chi connectivity index (χ3v) is 1.17. The number of aliphatic imine (C=N–C) groups is 1. The van der Waals surface area contributed by atoms with Crippen LogP contribution in [0.2, 0.25) is 0 Å². The molecule has 0 saturated carbocycles. The molecular formula is C12H18N2. The minimum atomic E-state index is 0.133. The fourth-order valence-corrected chi connectivity index (χ4v) is 0.614. The van der Waals surface area contributed by atoms with Gasteiger partial charge in [0, 0.05) is 18.6 Å². The van der Waals surface area contributed by atoms with E-state index in [4.69, 9.17) is 5.41 Å². The lowest BCUT2D eigenvalue weighted by Crippen LogP contribution is -2.05. The number of hydrogen-bond acceptors (Lipinski definition) is 2. The SMILES string of the molecule is CC(C)(C)C=N\C=C/C=C/C=C\C=N. The molecule has 0 saturated heterocycles. The van der Waals surface area contributed by atoms with Gasteiger partial charge in [-0.3, -0.25) is 4.99 Å².